The van der Waals surface area contributed by atoms with Gasteiger partial charge in [0.2, 0.25) is 5.91 Å². The standard InChI is InChI=1S/C14H26N2O/c1-12(2)9-6-7-14(5,8-9)10(12)16-13(3,4)11(15)17/h9-10,16H,6-8H2,1-5H3,(H2,15,17). The summed E-state index contributed by atoms with van der Waals surface area (Å²) in [6, 6.07) is 0.385. The summed E-state index contributed by atoms with van der Waals surface area (Å²) in [4.78, 5) is 11.5. The van der Waals surface area contributed by atoms with Crippen LogP contribution in [0.5, 0.6) is 0 Å². The summed E-state index contributed by atoms with van der Waals surface area (Å²) in [5.41, 5.74) is 5.46. The third kappa shape index (κ3) is 1.79. The van der Waals surface area contributed by atoms with Gasteiger partial charge in [0.1, 0.15) is 0 Å². The molecule has 2 aliphatic rings. The van der Waals surface area contributed by atoms with E-state index in [1.807, 2.05) is 13.8 Å². The second-order valence-electron chi connectivity index (χ2n) is 7.48. The molecule has 2 bridgehead atoms. The van der Waals surface area contributed by atoms with Crippen LogP contribution in [0.3, 0.4) is 0 Å². The van der Waals surface area contributed by atoms with Gasteiger partial charge in [-0.3, -0.25) is 10.1 Å². The van der Waals surface area contributed by atoms with Gasteiger partial charge in [-0.25, -0.2) is 0 Å². The maximum atomic E-state index is 11.5. The Bertz CT molecular complexity index is 343. The number of carbonyl (C=O) groups is 1. The Morgan fingerprint density at radius 1 is 1.35 bits per heavy atom. The minimum Gasteiger partial charge on any atom is -0.368 e. The van der Waals surface area contributed by atoms with Gasteiger partial charge in [0.15, 0.2) is 0 Å². The van der Waals surface area contributed by atoms with Crippen molar-refractivity contribution in [2.24, 2.45) is 22.5 Å². The zero-order valence-electron chi connectivity index (χ0n) is 11.8. The molecule has 17 heavy (non-hydrogen) atoms. The number of nitrogens with one attached hydrogen (secondary N) is 1. The molecule has 0 spiro atoms. The lowest BCUT2D eigenvalue weighted by atomic mass is 9.67. The summed E-state index contributed by atoms with van der Waals surface area (Å²) in [6.45, 7) is 10.8. The minimum atomic E-state index is -0.616. The highest BCUT2D eigenvalue weighted by Gasteiger charge is 2.60. The van der Waals surface area contributed by atoms with Crippen molar-refractivity contribution in [1.29, 1.82) is 0 Å². The van der Waals surface area contributed by atoms with Crippen LogP contribution in [0.15, 0.2) is 0 Å². The fraction of sp³-hybridized carbons (Fsp3) is 0.929. The van der Waals surface area contributed by atoms with E-state index in [2.05, 4.69) is 26.1 Å². The molecule has 3 atom stereocenters. The average Bonchev–Trinajstić information content (AvgIpc) is 2.64. The monoisotopic (exact) mass is 238 g/mol. The van der Waals surface area contributed by atoms with Crippen LogP contribution in [-0.4, -0.2) is 17.5 Å². The van der Waals surface area contributed by atoms with Crippen molar-refractivity contribution in [3.8, 4) is 0 Å². The molecular weight excluding hydrogens is 212 g/mol. The summed E-state index contributed by atoms with van der Waals surface area (Å²) in [5.74, 6) is 0.522. The highest BCUT2D eigenvalue weighted by molar-refractivity contribution is 5.83. The van der Waals surface area contributed by atoms with Gasteiger partial charge in [0, 0.05) is 6.04 Å². The quantitative estimate of drug-likeness (QED) is 0.790. The molecule has 0 saturated heterocycles. The lowest BCUT2D eigenvalue weighted by Crippen LogP contribution is -2.61. The highest BCUT2D eigenvalue weighted by Crippen LogP contribution is 2.62. The first-order valence-electron chi connectivity index (χ1n) is 6.67. The maximum Gasteiger partial charge on any atom is 0.237 e. The molecule has 0 aromatic rings. The molecule has 2 rings (SSSR count). The molecule has 3 unspecified atom stereocenters. The van der Waals surface area contributed by atoms with Gasteiger partial charge in [0.25, 0.3) is 0 Å². The van der Waals surface area contributed by atoms with Crippen molar-refractivity contribution in [1.82, 2.24) is 5.32 Å². The Morgan fingerprint density at radius 3 is 2.35 bits per heavy atom. The molecule has 0 aromatic carbocycles. The molecule has 0 aromatic heterocycles. The van der Waals surface area contributed by atoms with E-state index in [-0.39, 0.29) is 11.3 Å². The number of rotatable bonds is 3. The van der Waals surface area contributed by atoms with Gasteiger partial charge in [0.05, 0.1) is 5.54 Å². The molecule has 3 heteroatoms. The Kier molecular flexibility index (Phi) is 2.63. The summed E-state index contributed by atoms with van der Waals surface area (Å²) in [6.07, 6.45) is 3.89. The molecule has 0 radical (unpaired) electrons. The molecule has 2 aliphatic carbocycles. The SMILES string of the molecule is CC(C)(NC1C2(C)CCC(C2)C1(C)C)C(N)=O. The van der Waals surface area contributed by atoms with Gasteiger partial charge < -0.3 is 5.73 Å². The molecular formula is C14H26N2O. The Hall–Kier alpha value is -0.570. The third-order valence-corrected chi connectivity index (χ3v) is 5.39. The summed E-state index contributed by atoms with van der Waals surface area (Å²) in [7, 11) is 0. The third-order valence-electron chi connectivity index (χ3n) is 5.39. The van der Waals surface area contributed by atoms with E-state index in [1.165, 1.54) is 19.3 Å². The van der Waals surface area contributed by atoms with Gasteiger partial charge in [-0.2, -0.15) is 0 Å². The Morgan fingerprint density at radius 2 is 1.94 bits per heavy atom. The predicted octanol–water partition coefficient (Wildman–Crippen LogP) is 2.05. The summed E-state index contributed by atoms with van der Waals surface area (Å²) >= 11 is 0. The van der Waals surface area contributed by atoms with Gasteiger partial charge >= 0.3 is 0 Å². The fourth-order valence-electron chi connectivity index (χ4n) is 4.09. The average molecular weight is 238 g/mol. The largest absolute Gasteiger partial charge is 0.368 e. The molecule has 3 N–H and O–H groups in total. The van der Waals surface area contributed by atoms with Crippen LogP contribution in [0.4, 0.5) is 0 Å². The van der Waals surface area contributed by atoms with Crippen molar-refractivity contribution < 1.29 is 4.79 Å². The lowest BCUT2D eigenvalue weighted by molar-refractivity contribution is -0.124. The van der Waals surface area contributed by atoms with Crippen LogP contribution in [0.1, 0.15) is 53.9 Å². The molecule has 0 aliphatic heterocycles. The van der Waals surface area contributed by atoms with E-state index >= 15 is 0 Å². The number of hydrogen-bond donors (Lipinski definition) is 2. The van der Waals surface area contributed by atoms with Crippen LogP contribution in [0.25, 0.3) is 0 Å². The van der Waals surface area contributed by atoms with E-state index < -0.39 is 5.54 Å². The van der Waals surface area contributed by atoms with Crippen LogP contribution < -0.4 is 11.1 Å². The van der Waals surface area contributed by atoms with Gasteiger partial charge in [-0.1, -0.05) is 20.8 Å². The maximum absolute atomic E-state index is 11.5. The predicted molar refractivity (Wildman–Crippen MR) is 69.4 cm³/mol. The fourth-order valence-corrected chi connectivity index (χ4v) is 4.09. The first-order chi connectivity index (χ1) is 7.59. The van der Waals surface area contributed by atoms with Crippen molar-refractivity contribution in [3.63, 3.8) is 0 Å². The van der Waals surface area contributed by atoms with Crippen LogP contribution in [0.2, 0.25) is 0 Å². The Labute approximate surface area is 105 Å². The lowest BCUT2D eigenvalue weighted by Gasteiger charge is -2.46. The number of primary amides is 1. The van der Waals surface area contributed by atoms with E-state index in [0.29, 0.717) is 11.5 Å². The Balaban J connectivity index is 2.24. The van der Waals surface area contributed by atoms with Crippen molar-refractivity contribution in [3.05, 3.63) is 0 Å². The number of nitrogens with two attached hydrogens (primary N) is 1. The minimum absolute atomic E-state index is 0.264. The van der Waals surface area contributed by atoms with E-state index in [0.717, 1.165) is 5.92 Å². The topological polar surface area (TPSA) is 55.1 Å². The normalized spacial score (nSPS) is 39.6. The number of carbonyl (C=O) groups excluding carboxylic acids is 1. The van der Waals surface area contributed by atoms with Crippen molar-refractivity contribution >= 4 is 5.91 Å². The second-order valence-corrected chi connectivity index (χ2v) is 7.48. The molecule has 1 amide bonds. The van der Waals surface area contributed by atoms with Crippen LogP contribution in [-0.2, 0) is 4.79 Å². The molecule has 2 saturated carbocycles. The molecule has 0 heterocycles. The van der Waals surface area contributed by atoms with Crippen LogP contribution >= 0.6 is 0 Å². The second kappa shape index (κ2) is 3.47. The summed E-state index contributed by atoms with van der Waals surface area (Å²) < 4.78 is 0. The van der Waals surface area contributed by atoms with Gasteiger partial charge in [-0.05, 0) is 49.9 Å². The van der Waals surface area contributed by atoms with Crippen molar-refractivity contribution in [2.45, 2.75) is 65.5 Å². The number of fused-ring (bicyclic) bond motifs is 2. The zero-order chi connectivity index (χ0) is 13.1. The first kappa shape index (κ1) is 12.9. The van der Waals surface area contributed by atoms with Crippen LogP contribution in [0, 0.1) is 16.7 Å². The van der Waals surface area contributed by atoms with Gasteiger partial charge in [-0.15, -0.1) is 0 Å². The highest BCUT2D eigenvalue weighted by atomic mass is 16.1. The number of hydrogen-bond acceptors (Lipinski definition) is 2. The first-order valence-corrected chi connectivity index (χ1v) is 6.67. The summed E-state index contributed by atoms with van der Waals surface area (Å²) in [5, 5.41) is 3.54. The van der Waals surface area contributed by atoms with E-state index in [1.54, 1.807) is 0 Å². The molecule has 2 fully saturated rings. The van der Waals surface area contributed by atoms with E-state index in [4.69, 9.17) is 5.73 Å². The van der Waals surface area contributed by atoms with E-state index in [9.17, 15) is 4.79 Å². The zero-order valence-corrected chi connectivity index (χ0v) is 11.8. The van der Waals surface area contributed by atoms with Crippen molar-refractivity contribution in [2.75, 3.05) is 0 Å². The smallest absolute Gasteiger partial charge is 0.237 e. The molecule has 3 nitrogen and oxygen atoms in total. The molecule has 98 valence electrons. The number of amides is 1.